The number of amides is 1. The molecule has 10 nitrogen and oxygen atoms in total. The fraction of sp³-hybridized carbons (Fsp3) is 0.421. The van der Waals surface area contributed by atoms with Crippen LogP contribution in [0.2, 0.25) is 5.02 Å². The van der Waals surface area contributed by atoms with Crippen LogP contribution in [0.5, 0.6) is 0 Å². The van der Waals surface area contributed by atoms with Gasteiger partial charge in [-0.05, 0) is 38.0 Å². The Labute approximate surface area is 184 Å². The molecule has 2 heterocycles. The first kappa shape index (κ1) is 23.2. The van der Waals surface area contributed by atoms with Crippen molar-refractivity contribution in [1.29, 1.82) is 0 Å². The van der Waals surface area contributed by atoms with E-state index in [2.05, 4.69) is 15.1 Å². The Bertz CT molecular complexity index is 1080. The zero-order chi connectivity index (χ0) is 22.6. The second kappa shape index (κ2) is 9.77. The maximum Gasteiger partial charge on any atom is 0.338 e. The van der Waals surface area contributed by atoms with Gasteiger partial charge in [-0.1, -0.05) is 11.6 Å². The van der Waals surface area contributed by atoms with Crippen molar-refractivity contribution in [3.05, 3.63) is 40.5 Å². The highest BCUT2D eigenvalue weighted by atomic mass is 35.5. The fourth-order valence-corrected chi connectivity index (χ4v) is 4.63. The summed E-state index contributed by atoms with van der Waals surface area (Å²) in [6.07, 6.45) is 1.45. The van der Waals surface area contributed by atoms with E-state index < -0.39 is 28.5 Å². The van der Waals surface area contributed by atoms with Gasteiger partial charge in [0.05, 0.1) is 22.4 Å². The number of hydrogen-bond acceptors (Lipinski definition) is 7. The molecule has 0 radical (unpaired) electrons. The Hall–Kier alpha value is -2.47. The van der Waals surface area contributed by atoms with Gasteiger partial charge in [0.1, 0.15) is 10.7 Å². The van der Waals surface area contributed by atoms with Crippen molar-refractivity contribution in [1.82, 2.24) is 14.5 Å². The molecule has 12 heteroatoms. The summed E-state index contributed by atoms with van der Waals surface area (Å²) in [4.78, 5) is 24.1. The molecule has 1 saturated heterocycles. The van der Waals surface area contributed by atoms with Crippen molar-refractivity contribution in [3.63, 3.8) is 0 Å². The fourth-order valence-electron chi connectivity index (χ4n) is 3.04. The first-order chi connectivity index (χ1) is 14.7. The average Bonchev–Trinajstić information content (AvgIpc) is 3.34. The number of nitrogens with zero attached hydrogens (tertiary/aromatic N) is 2. The number of aryl methyl sites for hydroxylation is 2. The minimum atomic E-state index is -3.97. The standard InChI is InChI=1S/C19H23ClN4O6S/c1-12-8-17(24(2)23-12)22-18(25)11-30-19(26)13-5-6-15(20)16(9-13)31(27,28)21-10-14-4-3-7-29-14/h5-6,8-9,14,21H,3-4,7,10-11H2,1-2H3,(H,22,25). The molecule has 1 fully saturated rings. The van der Waals surface area contributed by atoms with E-state index in [0.29, 0.717) is 12.4 Å². The molecule has 1 aliphatic rings. The van der Waals surface area contributed by atoms with Crippen LogP contribution in [-0.2, 0) is 31.3 Å². The molecule has 1 aliphatic heterocycles. The van der Waals surface area contributed by atoms with Crippen LogP contribution in [0.15, 0.2) is 29.2 Å². The van der Waals surface area contributed by atoms with Crippen molar-refractivity contribution in [3.8, 4) is 0 Å². The molecule has 31 heavy (non-hydrogen) atoms. The first-order valence-electron chi connectivity index (χ1n) is 9.54. The summed E-state index contributed by atoms with van der Waals surface area (Å²) < 4.78 is 39.6. The van der Waals surface area contributed by atoms with E-state index in [1.807, 2.05) is 0 Å². The number of rotatable bonds is 8. The largest absolute Gasteiger partial charge is 0.452 e. The molecular formula is C19H23ClN4O6S. The molecule has 0 saturated carbocycles. The summed E-state index contributed by atoms with van der Waals surface area (Å²) in [6, 6.07) is 5.40. The van der Waals surface area contributed by atoms with Crippen LogP contribution in [0.25, 0.3) is 0 Å². The lowest BCUT2D eigenvalue weighted by Crippen LogP contribution is -2.32. The van der Waals surface area contributed by atoms with Gasteiger partial charge in [0.2, 0.25) is 10.0 Å². The summed E-state index contributed by atoms with van der Waals surface area (Å²) in [7, 11) is -2.30. The number of hydrogen-bond donors (Lipinski definition) is 2. The van der Waals surface area contributed by atoms with Crippen molar-refractivity contribution in [2.24, 2.45) is 7.05 Å². The lowest BCUT2D eigenvalue weighted by atomic mass is 10.2. The Morgan fingerprint density at radius 1 is 1.35 bits per heavy atom. The Morgan fingerprint density at radius 3 is 2.77 bits per heavy atom. The Balaban J connectivity index is 1.62. The van der Waals surface area contributed by atoms with Crippen molar-refractivity contribution in [2.75, 3.05) is 25.1 Å². The van der Waals surface area contributed by atoms with Gasteiger partial charge in [-0.3, -0.25) is 9.48 Å². The van der Waals surface area contributed by atoms with Crippen LogP contribution in [0.1, 0.15) is 28.9 Å². The van der Waals surface area contributed by atoms with Gasteiger partial charge in [-0.2, -0.15) is 5.10 Å². The molecule has 2 N–H and O–H groups in total. The summed E-state index contributed by atoms with van der Waals surface area (Å²) in [5.41, 5.74) is 0.670. The zero-order valence-electron chi connectivity index (χ0n) is 17.1. The molecule has 0 aliphatic carbocycles. The van der Waals surface area contributed by atoms with Gasteiger partial charge < -0.3 is 14.8 Å². The van der Waals surface area contributed by atoms with Gasteiger partial charge in [0.15, 0.2) is 6.61 Å². The van der Waals surface area contributed by atoms with Crippen molar-refractivity contribution < 1.29 is 27.5 Å². The highest BCUT2D eigenvalue weighted by molar-refractivity contribution is 7.89. The molecule has 2 aromatic rings. The van der Waals surface area contributed by atoms with Crippen LogP contribution in [-0.4, -0.2) is 55.9 Å². The minimum Gasteiger partial charge on any atom is -0.452 e. The van der Waals surface area contributed by atoms with Gasteiger partial charge in [0.25, 0.3) is 5.91 Å². The summed E-state index contributed by atoms with van der Waals surface area (Å²) in [5, 5.41) is 6.63. The topological polar surface area (TPSA) is 129 Å². The second-order valence-corrected chi connectivity index (χ2v) is 9.19. The number of ether oxygens (including phenoxy) is 2. The van der Waals surface area contributed by atoms with Crippen LogP contribution in [0.3, 0.4) is 0 Å². The lowest BCUT2D eigenvalue weighted by Gasteiger charge is -2.13. The van der Waals surface area contributed by atoms with Gasteiger partial charge >= 0.3 is 5.97 Å². The van der Waals surface area contributed by atoms with E-state index in [1.165, 1.54) is 16.8 Å². The smallest absolute Gasteiger partial charge is 0.338 e. The average molecular weight is 471 g/mol. The number of anilines is 1. The molecule has 1 atom stereocenters. The maximum absolute atomic E-state index is 12.6. The quantitative estimate of drug-likeness (QED) is 0.561. The van der Waals surface area contributed by atoms with Gasteiger partial charge in [-0.15, -0.1) is 0 Å². The molecule has 168 valence electrons. The minimum absolute atomic E-state index is 0.0410. The highest BCUT2D eigenvalue weighted by Crippen LogP contribution is 2.23. The molecule has 0 bridgehead atoms. The Morgan fingerprint density at radius 2 is 2.13 bits per heavy atom. The van der Waals surface area contributed by atoms with E-state index in [0.717, 1.165) is 24.6 Å². The van der Waals surface area contributed by atoms with E-state index in [4.69, 9.17) is 21.1 Å². The van der Waals surface area contributed by atoms with Gasteiger partial charge in [0, 0.05) is 26.3 Å². The zero-order valence-corrected chi connectivity index (χ0v) is 18.6. The van der Waals surface area contributed by atoms with Crippen LogP contribution >= 0.6 is 11.6 Å². The number of benzene rings is 1. The molecule has 1 aromatic carbocycles. The summed E-state index contributed by atoms with van der Waals surface area (Å²) in [6.45, 7) is 1.94. The molecule has 1 unspecified atom stereocenters. The third kappa shape index (κ3) is 6.03. The predicted molar refractivity (Wildman–Crippen MR) is 112 cm³/mol. The van der Waals surface area contributed by atoms with Crippen LogP contribution < -0.4 is 10.0 Å². The third-order valence-electron chi connectivity index (χ3n) is 4.59. The number of halogens is 1. The number of esters is 1. The molecule has 1 aromatic heterocycles. The summed E-state index contributed by atoms with van der Waals surface area (Å²) in [5.74, 6) is -0.962. The monoisotopic (exact) mass is 470 g/mol. The van der Waals surface area contributed by atoms with E-state index in [9.17, 15) is 18.0 Å². The summed E-state index contributed by atoms with van der Waals surface area (Å²) >= 11 is 6.04. The number of carbonyl (C=O) groups is 2. The van der Waals surface area contributed by atoms with E-state index >= 15 is 0 Å². The molecular weight excluding hydrogens is 448 g/mol. The molecule has 3 rings (SSSR count). The van der Waals surface area contributed by atoms with Gasteiger partial charge in [-0.25, -0.2) is 17.9 Å². The molecule has 0 spiro atoms. The molecule has 1 amide bonds. The number of sulfonamides is 1. The van der Waals surface area contributed by atoms with Crippen LogP contribution in [0.4, 0.5) is 5.82 Å². The first-order valence-corrected chi connectivity index (χ1v) is 11.4. The van der Waals surface area contributed by atoms with E-state index in [-0.39, 0.29) is 28.1 Å². The Kier molecular flexibility index (Phi) is 7.31. The van der Waals surface area contributed by atoms with E-state index in [1.54, 1.807) is 20.0 Å². The number of carbonyl (C=O) groups excluding carboxylic acids is 2. The van der Waals surface area contributed by atoms with Crippen LogP contribution in [0, 0.1) is 6.92 Å². The SMILES string of the molecule is Cc1cc(NC(=O)COC(=O)c2ccc(Cl)c(S(=O)(=O)NCC3CCCO3)c2)n(C)n1. The third-order valence-corrected chi connectivity index (χ3v) is 6.49. The maximum atomic E-state index is 12.6. The second-order valence-electron chi connectivity index (χ2n) is 7.05. The van der Waals surface area contributed by atoms with Crippen molar-refractivity contribution in [2.45, 2.75) is 30.8 Å². The number of nitrogens with one attached hydrogen (secondary N) is 2. The van der Waals surface area contributed by atoms with Crippen molar-refractivity contribution >= 4 is 39.3 Å². The predicted octanol–water partition coefficient (Wildman–Crippen LogP) is 1.63. The lowest BCUT2D eigenvalue weighted by molar-refractivity contribution is -0.119. The highest BCUT2D eigenvalue weighted by Gasteiger charge is 2.24. The normalized spacial score (nSPS) is 16.3. The number of aromatic nitrogens is 2.